The van der Waals surface area contributed by atoms with Crippen LogP contribution in [0.1, 0.15) is 130 Å². The third-order valence-electron chi connectivity index (χ3n) is 10.7. The minimum Gasteiger partial charge on any atom is -0.415 e. The number of halogens is 4. The number of likely N-dealkylation sites (N-methyl/N-ethyl adjacent to an activating group) is 2. The fourth-order valence-corrected chi connectivity index (χ4v) is 10.5. The van der Waals surface area contributed by atoms with Gasteiger partial charge in [0.05, 0.1) is 29.9 Å². The van der Waals surface area contributed by atoms with Gasteiger partial charge in [-0.1, -0.05) is 151 Å². The summed E-state index contributed by atoms with van der Waals surface area (Å²) < 4.78 is 67.1. The van der Waals surface area contributed by atoms with E-state index in [2.05, 4.69) is 37.5 Å². The van der Waals surface area contributed by atoms with Crippen LogP contribution in [0.4, 0.5) is 0 Å². The highest BCUT2D eigenvalue weighted by molar-refractivity contribution is 7.89. The Labute approximate surface area is 392 Å². The molecule has 2 aromatic carbocycles. The molecule has 0 amide bonds. The zero-order chi connectivity index (χ0) is 46.3. The molecule has 18 heteroatoms. The Hall–Kier alpha value is -1.72. The number of sulfonamides is 2. The molecule has 2 rings (SSSR count). The van der Waals surface area contributed by atoms with Gasteiger partial charge in [0.1, 0.15) is 0 Å². The van der Waals surface area contributed by atoms with Gasteiger partial charge >= 0.3 is 11.9 Å². The minimum absolute atomic E-state index is 0.226. The van der Waals surface area contributed by atoms with Gasteiger partial charge in [-0.3, -0.25) is 0 Å². The molecule has 0 spiro atoms. The maximum Gasteiger partial charge on any atom is 0.423 e. The molecule has 0 aliphatic carbocycles. The second-order valence-corrected chi connectivity index (χ2v) is 21.5. The van der Waals surface area contributed by atoms with Gasteiger partial charge < -0.3 is 19.3 Å². The van der Waals surface area contributed by atoms with Crippen molar-refractivity contribution in [3.63, 3.8) is 0 Å². The van der Waals surface area contributed by atoms with E-state index in [-0.39, 0.29) is 43.0 Å². The van der Waals surface area contributed by atoms with E-state index in [1.807, 2.05) is 0 Å². The molecule has 0 heterocycles. The van der Waals surface area contributed by atoms with Crippen LogP contribution in [0, 0.1) is 0 Å². The Bertz CT molecular complexity index is 1700. The molecule has 0 fully saturated rings. The number of carbonyl (C=O) groups is 2. The summed E-state index contributed by atoms with van der Waals surface area (Å²) in [6, 6.07) is 4.35. The molecule has 0 aliphatic heterocycles. The summed E-state index contributed by atoms with van der Waals surface area (Å²) in [6.07, 6.45) is 17.9. The Balaban J connectivity index is 2.12. The Morgan fingerprint density at radius 1 is 0.435 bits per heavy atom. The number of esters is 2. The molecule has 0 atom stereocenters. The molecule has 2 aromatic rings. The van der Waals surface area contributed by atoms with Crippen LogP contribution in [0.5, 0.6) is 11.5 Å². The van der Waals surface area contributed by atoms with Crippen molar-refractivity contribution < 1.29 is 35.9 Å². The summed E-state index contributed by atoms with van der Waals surface area (Å²) in [5, 5.41) is -1.37. The summed E-state index contributed by atoms with van der Waals surface area (Å²) >= 11 is 25.5. The smallest absolute Gasteiger partial charge is 0.415 e. The number of ether oxygens (including phenoxy) is 2. The maximum absolute atomic E-state index is 13.6. The van der Waals surface area contributed by atoms with E-state index in [9.17, 15) is 26.4 Å². The van der Waals surface area contributed by atoms with E-state index in [1.165, 1.54) is 22.7 Å². The Morgan fingerprint density at radius 3 is 0.935 bits per heavy atom. The van der Waals surface area contributed by atoms with Gasteiger partial charge in [0, 0.05) is 40.3 Å². The highest BCUT2D eigenvalue weighted by Gasteiger charge is 2.30. The first-order valence-electron chi connectivity index (χ1n) is 22.2. The van der Waals surface area contributed by atoms with Gasteiger partial charge in [0.15, 0.2) is 11.5 Å². The van der Waals surface area contributed by atoms with E-state index >= 15 is 0 Å². The SMILES string of the molecule is CCCCCCN(CCCCCC)CCN(C)S(=O)(=O)c1cc(Cl)c(OC(=O)C(=O)Oc2c(Cl)cc(S(=O)(=O)N(C)CCN(CCCCCC)CCCCCC)cc2Cl)c(Cl)c1. The molecule has 0 unspecified atom stereocenters. The molecular formula is C44H70Cl4N4O8S2. The number of carbonyl (C=O) groups excluding carboxylic acids is 2. The normalized spacial score (nSPS) is 12.3. The third-order valence-corrected chi connectivity index (χ3v) is 15.5. The van der Waals surface area contributed by atoms with Crippen LogP contribution in [0.3, 0.4) is 0 Å². The van der Waals surface area contributed by atoms with Crippen LogP contribution >= 0.6 is 46.4 Å². The summed E-state index contributed by atoms with van der Waals surface area (Å²) in [4.78, 5) is 30.0. The highest BCUT2D eigenvalue weighted by Crippen LogP contribution is 2.38. The lowest BCUT2D eigenvalue weighted by molar-refractivity contribution is -0.156. The van der Waals surface area contributed by atoms with Gasteiger partial charge in [0.25, 0.3) is 0 Å². The van der Waals surface area contributed by atoms with Gasteiger partial charge in [0.2, 0.25) is 20.0 Å². The van der Waals surface area contributed by atoms with Gasteiger partial charge in [-0.25, -0.2) is 26.4 Å². The molecule has 354 valence electrons. The standard InChI is InChI=1S/C44H70Cl4N4O8S2/c1-7-11-15-19-23-51(24-20-16-12-8-2)29-27-49(5)61(55,56)35-31-37(45)41(38(46)32-35)59-43(53)44(54)60-42-39(47)33-36(34-40(42)48)62(57,58)50(6)28-30-52(25-21-17-13-9-3)26-22-18-14-10-4/h31-34H,7-30H2,1-6H3. The predicted molar refractivity (Wildman–Crippen MR) is 253 cm³/mol. The fourth-order valence-electron chi connectivity index (χ4n) is 6.72. The average molecular weight is 989 g/mol. The summed E-state index contributed by atoms with van der Waals surface area (Å²) in [7, 11) is -5.16. The molecule has 62 heavy (non-hydrogen) atoms. The minimum atomic E-state index is -4.06. The highest BCUT2D eigenvalue weighted by atomic mass is 35.5. The van der Waals surface area contributed by atoms with Crippen LogP contribution < -0.4 is 9.47 Å². The quantitative estimate of drug-likeness (QED) is 0.0302. The first-order chi connectivity index (χ1) is 29.4. The van der Waals surface area contributed by atoms with Gasteiger partial charge in [-0.05, 0) is 76.1 Å². The Morgan fingerprint density at radius 2 is 0.694 bits per heavy atom. The topological polar surface area (TPSA) is 134 Å². The zero-order valence-electron chi connectivity index (χ0n) is 37.7. The largest absolute Gasteiger partial charge is 0.423 e. The third kappa shape index (κ3) is 19.0. The molecule has 12 nitrogen and oxygen atoms in total. The van der Waals surface area contributed by atoms with Gasteiger partial charge in [-0.15, -0.1) is 0 Å². The molecule has 0 aromatic heterocycles. The summed E-state index contributed by atoms with van der Waals surface area (Å²) in [5.74, 6) is -4.08. The number of hydrogen-bond donors (Lipinski definition) is 0. The second-order valence-electron chi connectivity index (χ2n) is 15.8. The van der Waals surface area contributed by atoms with E-state index < -0.39 is 43.5 Å². The average Bonchev–Trinajstić information content (AvgIpc) is 3.23. The van der Waals surface area contributed by atoms with E-state index in [4.69, 9.17) is 55.9 Å². The molecule has 0 saturated heterocycles. The Kier molecular flexibility index (Phi) is 27.1. The van der Waals surface area contributed by atoms with Crippen molar-refractivity contribution in [2.24, 2.45) is 0 Å². The number of unbranched alkanes of at least 4 members (excludes halogenated alkanes) is 12. The van der Waals surface area contributed by atoms with Crippen LogP contribution in [0.2, 0.25) is 20.1 Å². The number of nitrogens with zero attached hydrogens (tertiary/aromatic N) is 4. The molecule has 0 aliphatic rings. The van der Waals surface area contributed by atoms with Crippen molar-refractivity contribution in [2.45, 2.75) is 140 Å². The van der Waals surface area contributed by atoms with E-state index in [1.54, 1.807) is 0 Å². The monoisotopic (exact) mass is 986 g/mol. The van der Waals surface area contributed by atoms with Crippen molar-refractivity contribution in [1.82, 2.24) is 18.4 Å². The predicted octanol–water partition coefficient (Wildman–Crippen LogP) is 11.0. The first kappa shape index (κ1) is 56.4. The lowest BCUT2D eigenvalue weighted by Gasteiger charge is -2.25. The zero-order valence-corrected chi connectivity index (χ0v) is 42.3. The number of hydrogen-bond acceptors (Lipinski definition) is 10. The number of benzene rings is 2. The lowest BCUT2D eigenvalue weighted by Crippen LogP contribution is -2.37. The molecule has 0 N–H and O–H groups in total. The summed E-state index contributed by atoms with van der Waals surface area (Å²) in [5.41, 5.74) is 0. The lowest BCUT2D eigenvalue weighted by atomic mass is 10.1. The summed E-state index contributed by atoms with van der Waals surface area (Å²) in [6.45, 7) is 13.8. The van der Waals surface area contributed by atoms with Crippen LogP contribution in [-0.2, 0) is 29.6 Å². The molecule has 0 bridgehead atoms. The van der Waals surface area contributed by atoms with Crippen molar-refractivity contribution in [3.05, 3.63) is 44.4 Å². The molecule has 0 saturated carbocycles. The molecule has 0 radical (unpaired) electrons. The van der Waals surface area contributed by atoms with Crippen molar-refractivity contribution in [1.29, 1.82) is 0 Å². The second kappa shape index (κ2) is 29.7. The van der Waals surface area contributed by atoms with Crippen LogP contribution in [0.25, 0.3) is 0 Å². The van der Waals surface area contributed by atoms with Crippen molar-refractivity contribution >= 4 is 78.4 Å². The van der Waals surface area contributed by atoms with Crippen LogP contribution in [0.15, 0.2) is 34.1 Å². The first-order valence-corrected chi connectivity index (χ1v) is 26.6. The molecular weight excluding hydrogens is 918 g/mol. The fraction of sp³-hybridized carbons (Fsp3) is 0.682. The maximum atomic E-state index is 13.6. The van der Waals surface area contributed by atoms with Crippen LogP contribution in [-0.4, -0.2) is 114 Å². The van der Waals surface area contributed by atoms with E-state index in [0.29, 0.717) is 13.1 Å². The van der Waals surface area contributed by atoms with Gasteiger partial charge in [-0.2, -0.15) is 8.61 Å². The van der Waals surface area contributed by atoms with Crippen molar-refractivity contribution in [3.8, 4) is 11.5 Å². The van der Waals surface area contributed by atoms with Crippen molar-refractivity contribution in [2.75, 3.05) is 66.5 Å². The number of rotatable bonds is 32. The van der Waals surface area contributed by atoms with E-state index in [0.717, 1.165) is 153 Å².